The molecule has 3 aromatic rings. The van der Waals surface area contributed by atoms with Gasteiger partial charge >= 0.3 is 0 Å². The summed E-state index contributed by atoms with van der Waals surface area (Å²) in [5.74, 6) is -0.437. The average molecular weight is 365 g/mol. The van der Waals surface area contributed by atoms with Crippen molar-refractivity contribution in [3.05, 3.63) is 76.0 Å². The highest BCUT2D eigenvalue weighted by atomic mass is 32.1. The number of rotatable bonds is 4. The Bertz CT molecular complexity index is 989. The summed E-state index contributed by atoms with van der Waals surface area (Å²) in [6, 6.07) is 15.3. The van der Waals surface area contributed by atoms with Gasteiger partial charge in [0.05, 0.1) is 17.3 Å². The Labute approximate surface area is 155 Å². The molecule has 0 saturated carbocycles. The first-order chi connectivity index (χ1) is 12.5. The second-order valence-corrected chi connectivity index (χ2v) is 6.91. The van der Waals surface area contributed by atoms with E-state index in [4.69, 9.17) is 5.26 Å². The zero-order chi connectivity index (χ0) is 18.7. The standard InChI is InChI=1S/C20H16FN3OS/c1-13-18(26-19(23-13)16-6-8-17(21)9-7-16)20(25)24(2)12-15-5-3-4-14(10-15)11-22/h3-10H,12H2,1-2H3. The first-order valence-electron chi connectivity index (χ1n) is 7.96. The van der Waals surface area contributed by atoms with Crippen molar-refractivity contribution in [2.75, 3.05) is 7.05 Å². The second-order valence-electron chi connectivity index (χ2n) is 5.91. The molecular weight excluding hydrogens is 349 g/mol. The Kier molecular flexibility index (Phi) is 5.10. The van der Waals surface area contributed by atoms with Crippen molar-refractivity contribution in [2.24, 2.45) is 0 Å². The van der Waals surface area contributed by atoms with Gasteiger partial charge in [0.2, 0.25) is 0 Å². The maximum atomic E-state index is 13.1. The number of nitrogens with zero attached hydrogens (tertiary/aromatic N) is 3. The van der Waals surface area contributed by atoms with Gasteiger partial charge in [-0.3, -0.25) is 4.79 Å². The molecule has 0 fully saturated rings. The number of amides is 1. The van der Waals surface area contributed by atoms with Gasteiger partial charge in [0, 0.05) is 19.2 Å². The summed E-state index contributed by atoms with van der Waals surface area (Å²) in [4.78, 5) is 19.4. The Balaban J connectivity index is 1.81. The third kappa shape index (κ3) is 3.79. The SMILES string of the molecule is Cc1nc(-c2ccc(F)cc2)sc1C(=O)N(C)Cc1cccc(C#N)c1. The summed E-state index contributed by atoms with van der Waals surface area (Å²) in [5.41, 5.74) is 2.89. The number of halogens is 1. The lowest BCUT2D eigenvalue weighted by atomic mass is 10.1. The maximum Gasteiger partial charge on any atom is 0.265 e. The number of thiazole rings is 1. The number of carbonyl (C=O) groups is 1. The minimum atomic E-state index is -0.308. The molecule has 26 heavy (non-hydrogen) atoms. The van der Waals surface area contributed by atoms with E-state index < -0.39 is 0 Å². The summed E-state index contributed by atoms with van der Waals surface area (Å²) in [7, 11) is 1.72. The van der Waals surface area contributed by atoms with Gasteiger partial charge in [0.25, 0.3) is 5.91 Å². The van der Waals surface area contributed by atoms with Crippen LogP contribution in [0.4, 0.5) is 4.39 Å². The van der Waals surface area contributed by atoms with Crippen LogP contribution in [0.2, 0.25) is 0 Å². The van der Waals surface area contributed by atoms with Crippen LogP contribution in [0.5, 0.6) is 0 Å². The van der Waals surface area contributed by atoms with Crippen molar-refractivity contribution in [1.82, 2.24) is 9.88 Å². The molecule has 6 heteroatoms. The van der Waals surface area contributed by atoms with Gasteiger partial charge in [-0.1, -0.05) is 12.1 Å². The Morgan fingerprint density at radius 1 is 1.27 bits per heavy atom. The van der Waals surface area contributed by atoms with E-state index in [1.54, 1.807) is 49.2 Å². The normalized spacial score (nSPS) is 10.4. The van der Waals surface area contributed by atoms with E-state index >= 15 is 0 Å². The van der Waals surface area contributed by atoms with E-state index in [9.17, 15) is 9.18 Å². The highest BCUT2D eigenvalue weighted by Gasteiger charge is 2.20. The second kappa shape index (κ2) is 7.46. The zero-order valence-corrected chi connectivity index (χ0v) is 15.2. The van der Waals surface area contributed by atoms with Crippen molar-refractivity contribution in [3.63, 3.8) is 0 Å². The number of hydrogen-bond donors (Lipinski definition) is 0. The highest BCUT2D eigenvalue weighted by Crippen LogP contribution is 2.29. The molecule has 2 aromatic carbocycles. The molecule has 0 unspecified atom stereocenters. The summed E-state index contributed by atoms with van der Waals surface area (Å²) >= 11 is 1.30. The summed E-state index contributed by atoms with van der Waals surface area (Å²) in [6.07, 6.45) is 0. The Morgan fingerprint density at radius 2 is 2.00 bits per heavy atom. The largest absolute Gasteiger partial charge is 0.337 e. The molecule has 130 valence electrons. The van der Waals surface area contributed by atoms with Crippen molar-refractivity contribution >= 4 is 17.2 Å². The molecule has 1 heterocycles. The molecule has 0 bridgehead atoms. The molecule has 3 rings (SSSR count). The number of carbonyl (C=O) groups excluding carboxylic acids is 1. The van der Waals surface area contributed by atoms with E-state index in [2.05, 4.69) is 11.1 Å². The van der Waals surface area contributed by atoms with Gasteiger partial charge in [0.1, 0.15) is 15.7 Å². The molecule has 0 N–H and O–H groups in total. The molecule has 4 nitrogen and oxygen atoms in total. The first kappa shape index (κ1) is 17.8. The molecule has 1 amide bonds. The van der Waals surface area contributed by atoms with Crippen LogP contribution in [-0.2, 0) is 6.54 Å². The molecule has 0 aliphatic rings. The van der Waals surface area contributed by atoms with Crippen LogP contribution in [0.3, 0.4) is 0 Å². The fourth-order valence-electron chi connectivity index (χ4n) is 2.57. The van der Waals surface area contributed by atoms with Crippen LogP contribution < -0.4 is 0 Å². The lowest BCUT2D eigenvalue weighted by Crippen LogP contribution is -2.26. The molecule has 0 atom stereocenters. The monoisotopic (exact) mass is 365 g/mol. The van der Waals surface area contributed by atoms with E-state index in [-0.39, 0.29) is 11.7 Å². The van der Waals surface area contributed by atoms with Crippen LogP contribution in [-0.4, -0.2) is 22.8 Å². The minimum Gasteiger partial charge on any atom is -0.337 e. The van der Waals surface area contributed by atoms with Crippen molar-refractivity contribution in [1.29, 1.82) is 5.26 Å². The predicted molar refractivity (Wildman–Crippen MR) is 99.2 cm³/mol. The number of aromatic nitrogens is 1. The zero-order valence-electron chi connectivity index (χ0n) is 14.4. The van der Waals surface area contributed by atoms with Gasteiger partial charge < -0.3 is 4.90 Å². The van der Waals surface area contributed by atoms with Crippen LogP contribution in [0.15, 0.2) is 48.5 Å². The Morgan fingerprint density at radius 3 is 2.69 bits per heavy atom. The fourth-order valence-corrected chi connectivity index (χ4v) is 3.64. The predicted octanol–water partition coefficient (Wildman–Crippen LogP) is 4.40. The van der Waals surface area contributed by atoms with Crippen molar-refractivity contribution in [3.8, 4) is 16.6 Å². The molecular formula is C20H16FN3OS. The lowest BCUT2D eigenvalue weighted by Gasteiger charge is -2.16. The molecule has 0 radical (unpaired) electrons. The van der Waals surface area contributed by atoms with Crippen LogP contribution >= 0.6 is 11.3 Å². The number of benzene rings is 2. The third-order valence-electron chi connectivity index (χ3n) is 3.90. The lowest BCUT2D eigenvalue weighted by molar-refractivity contribution is 0.0789. The van der Waals surface area contributed by atoms with Crippen LogP contribution in [0.1, 0.15) is 26.5 Å². The van der Waals surface area contributed by atoms with E-state index in [0.717, 1.165) is 11.1 Å². The van der Waals surface area contributed by atoms with Crippen LogP contribution in [0, 0.1) is 24.1 Å². The Hall–Kier alpha value is -3.04. The smallest absolute Gasteiger partial charge is 0.265 e. The van der Waals surface area contributed by atoms with Crippen molar-refractivity contribution < 1.29 is 9.18 Å². The first-order valence-corrected chi connectivity index (χ1v) is 8.77. The van der Waals surface area contributed by atoms with Gasteiger partial charge in [-0.15, -0.1) is 11.3 Å². The molecule has 1 aromatic heterocycles. The highest BCUT2D eigenvalue weighted by molar-refractivity contribution is 7.17. The molecule has 0 aliphatic heterocycles. The van der Waals surface area contributed by atoms with Gasteiger partial charge in [-0.2, -0.15) is 5.26 Å². The minimum absolute atomic E-state index is 0.129. The summed E-state index contributed by atoms with van der Waals surface area (Å²) in [5, 5.41) is 9.67. The van der Waals surface area contributed by atoms with E-state index in [0.29, 0.717) is 27.7 Å². The third-order valence-corrected chi connectivity index (χ3v) is 5.10. The quantitative estimate of drug-likeness (QED) is 0.688. The van der Waals surface area contributed by atoms with Crippen molar-refractivity contribution in [2.45, 2.75) is 13.5 Å². The average Bonchev–Trinajstić information content (AvgIpc) is 3.03. The number of aryl methyl sites for hydroxylation is 1. The van der Waals surface area contributed by atoms with Crippen LogP contribution in [0.25, 0.3) is 10.6 Å². The molecule has 0 saturated heterocycles. The van der Waals surface area contributed by atoms with Gasteiger partial charge in [-0.25, -0.2) is 9.37 Å². The summed E-state index contributed by atoms with van der Waals surface area (Å²) in [6.45, 7) is 2.19. The fraction of sp³-hybridized carbons (Fsp3) is 0.150. The van der Waals surface area contributed by atoms with E-state index in [1.807, 2.05) is 6.07 Å². The molecule has 0 aliphatic carbocycles. The number of nitriles is 1. The molecule has 0 spiro atoms. The van der Waals surface area contributed by atoms with Gasteiger partial charge in [-0.05, 0) is 48.9 Å². The topological polar surface area (TPSA) is 57.0 Å². The summed E-state index contributed by atoms with van der Waals surface area (Å²) < 4.78 is 13.1. The number of hydrogen-bond acceptors (Lipinski definition) is 4. The maximum absolute atomic E-state index is 13.1. The van der Waals surface area contributed by atoms with E-state index in [1.165, 1.54) is 23.5 Å². The van der Waals surface area contributed by atoms with Gasteiger partial charge in [0.15, 0.2) is 0 Å².